The summed E-state index contributed by atoms with van der Waals surface area (Å²) < 4.78 is 16.9. The van der Waals surface area contributed by atoms with Crippen LogP contribution in [0.3, 0.4) is 0 Å². The molecular formula is C11H17NO2S. The minimum Gasteiger partial charge on any atom is -0.497 e. The van der Waals surface area contributed by atoms with E-state index < -0.39 is 10.8 Å². The predicted octanol–water partition coefficient (Wildman–Crippen LogP) is 1.41. The lowest BCUT2D eigenvalue weighted by molar-refractivity contribution is 0.413. The fourth-order valence-electron chi connectivity index (χ4n) is 1.24. The van der Waals surface area contributed by atoms with Gasteiger partial charge in [-0.1, -0.05) is 6.07 Å². The summed E-state index contributed by atoms with van der Waals surface area (Å²) in [5.41, 5.74) is 0. The van der Waals surface area contributed by atoms with Crippen molar-refractivity contribution in [1.29, 1.82) is 0 Å². The second-order valence-electron chi connectivity index (χ2n) is 3.19. The van der Waals surface area contributed by atoms with Gasteiger partial charge in [0.2, 0.25) is 0 Å². The Kier molecular flexibility index (Phi) is 5.36. The van der Waals surface area contributed by atoms with Gasteiger partial charge in [0.25, 0.3) is 0 Å². The maximum atomic E-state index is 11.8. The molecule has 4 heteroatoms. The molecule has 0 spiro atoms. The average molecular weight is 227 g/mol. The summed E-state index contributed by atoms with van der Waals surface area (Å²) in [5.74, 6) is 1.45. The number of nitrogens with one attached hydrogen (secondary N) is 1. The van der Waals surface area contributed by atoms with Crippen LogP contribution in [0.5, 0.6) is 5.75 Å². The quantitative estimate of drug-likeness (QED) is 0.747. The Morgan fingerprint density at radius 3 is 2.93 bits per heavy atom. The normalized spacial score (nSPS) is 12.4. The van der Waals surface area contributed by atoms with Gasteiger partial charge in [-0.2, -0.15) is 0 Å². The van der Waals surface area contributed by atoms with Crippen molar-refractivity contribution < 1.29 is 8.95 Å². The lowest BCUT2D eigenvalue weighted by atomic mass is 10.3. The van der Waals surface area contributed by atoms with Gasteiger partial charge < -0.3 is 10.1 Å². The van der Waals surface area contributed by atoms with Crippen LogP contribution < -0.4 is 10.1 Å². The lowest BCUT2D eigenvalue weighted by Crippen LogP contribution is -2.11. The number of methoxy groups -OCH3 is 1. The van der Waals surface area contributed by atoms with Gasteiger partial charge in [-0.15, -0.1) is 0 Å². The molecule has 0 amide bonds. The number of hydrogen-bond donors (Lipinski definition) is 1. The van der Waals surface area contributed by atoms with Gasteiger partial charge in [-0.05, 0) is 38.2 Å². The van der Waals surface area contributed by atoms with E-state index in [9.17, 15) is 4.21 Å². The minimum absolute atomic E-state index is 0.688. The van der Waals surface area contributed by atoms with E-state index in [0.717, 1.165) is 23.6 Å². The molecule has 0 saturated carbocycles. The molecule has 0 aliphatic heterocycles. The van der Waals surface area contributed by atoms with Crippen LogP contribution in [0.4, 0.5) is 0 Å². The van der Waals surface area contributed by atoms with E-state index in [1.54, 1.807) is 7.11 Å². The van der Waals surface area contributed by atoms with Crippen molar-refractivity contribution in [1.82, 2.24) is 5.32 Å². The molecule has 0 aliphatic rings. The maximum absolute atomic E-state index is 11.8. The highest BCUT2D eigenvalue weighted by Crippen LogP contribution is 2.15. The van der Waals surface area contributed by atoms with Gasteiger partial charge in [-0.25, -0.2) is 0 Å². The molecule has 84 valence electrons. The SMILES string of the molecule is CNCCCS(=O)c1cccc(OC)c1. The summed E-state index contributed by atoms with van der Waals surface area (Å²) >= 11 is 0. The Hall–Kier alpha value is -0.870. The van der Waals surface area contributed by atoms with Crippen molar-refractivity contribution in [3.8, 4) is 5.75 Å². The molecule has 1 atom stereocenters. The molecule has 1 rings (SSSR count). The molecule has 0 bridgehead atoms. The first-order chi connectivity index (χ1) is 7.27. The first-order valence-corrected chi connectivity index (χ1v) is 6.27. The molecule has 0 saturated heterocycles. The van der Waals surface area contributed by atoms with Crippen LogP contribution in [0, 0.1) is 0 Å². The smallest absolute Gasteiger partial charge is 0.120 e. The monoisotopic (exact) mass is 227 g/mol. The zero-order chi connectivity index (χ0) is 11.1. The zero-order valence-corrected chi connectivity index (χ0v) is 9.97. The highest BCUT2D eigenvalue weighted by molar-refractivity contribution is 7.85. The minimum atomic E-state index is -0.917. The molecule has 0 fully saturated rings. The molecular weight excluding hydrogens is 210 g/mol. The predicted molar refractivity (Wildman–Crippen MR) is 62.8 cm³/mol. The van der Waals surface area contributed by atoms with Crippen molar-refractivity contribution in [2.24, 2.45) is 0 Å². The first kappa shape index (κ1) is 12.2. The Balaban J connectivity index is 2.57. The third kappa shape index (κ3) is 4.01. The van der Waals surface area contributed by atoms with Gasteiger partial charge in [0.1, 0.15) is 5.75 Å². The van der Waals surface area contributed by atoms with Crippen LogP contribution in [0.2, 0.25) is 0 Å². The summed E-state index contributed by atoms with van der Waals surface area (Å²) in [6.45, 7) is 0.899. The van der Waals surface area contributed by atoms with E-state index in [1.807, 2.05) is 31.3 Å². The summed E-state index contributed by atoms with van der Waals surface area (Å²) in [5, 5.41) is 3.04. The third-order valence-corrected chi connectivity index (χ3v) is 3.50. The van der Waals surface area contributed by atoms with E-state index >= 15 is 0 Å². The van der Waals surface area contributed by atoms with Crippen molar-refractivity contribution in [3.05, 3.63) is 24.3 Å². The lowest BCUT2D eigenvalue weighted by Gasteiger charge is -2.04. The zero-order valence-electron chi connectivity index (χ0n) is 9.16. The summed E-state index contributed by atoms with van der Waals surface area (Å²) in [6, 6.07) is 7.42. The van der Waals surface area contributed by atoms with Crippen LogP contribution in [-0.2, 0) is 10.8 Å². The van der Waals surface area contributed by atoms with E-state index in [4.69, 9.17) is 4.74 Å². The van der Waals surface area contributed by atoms with Crippen LogP contribution in [-0.4, -0.2) is 30.7 Å². The molecule has 1 unspecified atom stereocenters. The molecule has 0 aromatic heterocycles. The maximum Gasteiger partial charge on any atom is 0.120 e. The van der Waals surface area contributed by atoms with Crippen LogP contribution in [0.25, 0.3) is 0 Å². The first-order valence-electron chi connectivity index (χ1n) is 4.95. The van der Waals surface area contributed by atoms with Crippen molar-refractivity contribution >= 4 is 10.8 Å². The van der Waals surface area contributed by atoms with Gasteiger partial charge in [-0.3, -0.25) is 4.21 Å². The van der Waals surface area contributed by atoms with Gasteiger partial charge in [0.15, 0.2) is 0 Å². The molecule has 15 heavy (non-hydrogen) atoms. The molecule has 1 N–H and O–H groups in total. The number of hydrogen-bond acceptors (Lipinski definition) is 3. The van der Waals surface area contributed by atoms with Crippen LogP contribution in [0.1, 0.15) is 6.42 Å². The summed E-state index contributed by atoms with van der Waals surface area (Å²) in [4.78, 5) is 0.838. The molecule has 0 heterocycles. The largest absolute Gasteiger partial charge is 0.497 e. The Morgan fingerprint density at radius 1 is 1.47 bits per heavy atom. The number of benzene rings is 1. The van der Waals surface area contributed by atoms with E-state index in [2.05, 4.69) is 5.32 Å². The third-order valence-electron chi connectivity index (χ3n) is 2.06. The number of rotatable bonds is 6. The van der Waals surface area contributed by atoms with Crippen molar-refractivity contribution in [3.63, 3.8) is 0 Å². The van der Waals surface area contributed by atoms with Crippen LogP contribution in [0.15, 0.2) is 29.2 Å². The highest BCUT2D eigenvalue weighted by Gasteiger charge is 2.04. The number of ether oxygens (including phenoxy) is 1. The average Bonchev–Trinajstić information content (AvgIpc) is 2.29. The Bertz CT molecular complexity index is 328. The standard InChI is InChI=1S/C11H17NO2S/c1-12-7-4-8-15(13)11-6-3-5-10(9-11)14-2/h3,5-6,9,12H,4,7-8H2,1-2H3. The second-order valence-corrected chi connectivity index (χ2v) is 4.76. The topological polar surface area (TPSA) is 38.3 Å². The molecule has 0 aliphatic carbocycles. The fourth-order valence-corrected chi connectivity index (χ4v) is 2.36. The molecule has 1 aromatic carbocycles. The Morgan fingerprint density at radius 2 is 2.27 bits per heavy atom. The molecule has 0 radical (unpaired) electrons. The van der Waals surface area contributed by atoms with Gasteiger partial charge in [0.05, 0.1) is 17.9 Å². The fraction of sp³-hybridized carbons (Fsp3) is 0.455. The van der Waals surface area contributed by atoms with E-state index in [-0.39, 0.29) is 0 Å². The summed E-state index contributed by atoms with van der Waals surface area (Å²) in [6.07, 6.45) is 0.917. The van der Waals surface area contributed by atoms with Crippen molar-refractivity contribution in [2.75, 3.05) is 26.5 Å². The van der Waals surface area contributed by atoms with Crippen LogP contribution >= 0.6 is 0 Å². The van der Waals surface area contributed by atoms with E-state index in [0.29, 0.717) is 5.75 Å². The van der Waals surface area contributed by atoms with Gasteiger partial charge in [0, 0.05) is 10.6 Å². The van der Waals surface area contributed by atoms with Gasteiger partial charge >= 0.3 is 0 Å². The molecule has 1 aromatic rings. The second kappa shape index (κ2) is 6.58. The van der Waals surface area contributed by atoms with Crippen molar-refractivity contribution in [2.45, 2.75) is 11.3 Å². The Labute approximate surface area is 93.3 Å². The molecule has 3 nitrogen and oxygen atoms in total. The summed E-state index contributed by atoms with van der Waals surface area (Å²) in [7, 11) is 2.59. The van der Waals surface area contributed by atoms with E-state index in [1.165, 1.54) is 0 Å². The highest BCUT2D eigenvalue weighted by atomic mass is 32.2.